The highest BCUT2D eigenvalue weighted by Crippen LogP contribution is 2.36. The van der Waals surface area contributed by atoms with E-state index in [1.165, 1.54) is 32.4 Å². The number of amides is 1. The maximum atomic E-state index is 13.9. The molecule has 188 valence electrons. The molecule has 0 unspecified atom stereocenters. The number of hydrogen-bond donors (Lipinski definition) is 0. The maximum Gasteiger partial charge on any atom is 0.387 e. The van der Waals surface area contributed by atoms with Crippen molar-refractivity contribution in [2.75, 3.05) is 40.4 Å². The topological polar surface area (TPSA) is 94.4 Å². The first-order valence-electron chi connectivity index (χ1n) is 10.5. The molecule has 0 radical (unpaired) electrons. The standard InChI is InChI=1S/C23H24F3N3O6/c1-33-19-5-3-15(11-17(19)24)14-27-7-9-28(10-8-27)22(30)6-4-16-12-20(34-2)21(35-23(25)26)13-18(16)29(31)32/h3-6,11-13,23H,7-10,14H2,1-2H3/b6-4+. The fourth-order valence-corrected chi connectivity index (χ4v) is 3.66. The van der Waals surface area contributed by atoms with E-state index in [4.69, 9.17) is 9.47 Å². The van der Waals surface area contributed by atoms with Gasteiger partial charge in [0.2, 0.25) is 5.91 Å². The van der Waals surface area contributed by atoms with Crippen LogP contribution in [0.3, 0.4) is 0 Å². The van der Waals surface area contributed by atoms with Crippen LogP contribution in [-0.2, 0) is 11.3 Å². The number of alkyl halides is 2. The number of hydrogen-bond acceptors (Lipinski definition) is 7. The van der Waals surface area contributed by atoms with Crippen LogP contribution >= 0.6 is 0 Å². The number of nitrogens with zero attached hydrogens (tertiary/aromatic N) is 3. The Morgan fingerprint density at radius 1 is 1.09 bits per heavy atom. The molecule has 1 aliphatic rings. The Bertz CT molecular complexity index is 1100. The van der Waals surface area contributed by atoms with E-state index in [2.05, 4.69) is 9.64 Å². The third kappa shape index (κ3) is 6.63. The van der Waals surface area contributed by atoms with E-state index >= 15 is 0 Å². The summed E-state index contributed by atoms with van der Waals surface area (Å²) in [6, 6.07) is 6.75. The zero-order chi connectivity index (χ0) is 25.5. The molecule has 3 rings (SSSR count). The minimum absolute atomic E-state index is 0.00184. The van der Waals surface area contributed by atoms with Gasteiger partial charge in [-0.05, 0) is 29.8 Å². The molecular formula is C23H24F3N3O6. The first kappa shape index (κ1) is 25.8. The van der Waals surface area contributed by atoms with Crippen LogP contribution in [0, 0.1) is 15.9 Å². The van der Waals surface area contributed by atoms with Crippen LogP contribution in [0.4, 0.5) is 18.9 Å². The predicted molar refractivity (Wildman–Crippen MR) is 120 cm³/mol. The van der Waals surface area contributed by atoms with Gasteiger partial charge in [-0.3, -0.25) is 19.8 Å². The molecule has 1 amide bonds. The van der Waals surface area contributed by atoms with E-state index in [0.717, 1.165) is 17.7 Å². The Hall–Kier alpha value is -3.80. The van der Waals surface area contributed by atoms with Crippen molar-refractivity contribution in [1.29, 1.82) is 0 Å². The maximum absolute atomic E-state index is 13.9. The van der Waals surface area contributed by atoms with Crippen LogP contribution in [0.5, 0.6) is 17.2 Å². The van der Waals surface area contributed by atoms with Gasteiger partial charge in [-0.15, -0.1) is 0 Å². The summed E-state index contributed by atoms with van der Waals surface area (Å²) in [4.78, 5) is 26.9. The Morgan fingerprint density at radius 3 is 2.34 bits per heavy atom. The highest BCUT2D eigenvalue weighted by Gasteiger charge is 2.23. The molecule has 1 saturated heterocycles. The van der Waals surface area contributed by atoms with Gasteiger partial charge >= 0.3 is 6.61 Å². The van der Waals surface area contributed by atoms with Crippen molar-refractivity contribution in [2.45, 2.75) is 13.2 Å². The molecule has 0 bridgehead atoms. The van der Waals surface area contributed by atoms with E-state index in [0.29, 0.717) is 32.7 Å². The molecule has 1 aliphatic heterocycles. The molecule has 0 aliphatic carbocycles. The van der Waals surface area contributed by atoms with Crippen molar-refractivity contribution in [1.82, 2.24) is 9.80 Å². The number of benzene rings is 2. The highest BCUT2D eigenvalue weighted by molar-refractivity contribution is 5.92. The molecule has 35 heavy (non-hydrogen) atoms. The summed E-state index contributed by atoms with van der Waals surface area (Å²) in [5.41, 5.74) is 0.271. The molecule has 0 spiro atoms. The second-order valence-electron chi connectivity index (χ2n) is 7.60. The summed E-state index contributed by atoms with van der Waals surface area (Å²) >= 11 is 0. The van der Waals surface area contributed by atoms with Crippen LogP contribution in [0.25, 0.3) is 6.08 Å². The second-order valence-corrected chi connectivity index (χ2v) is 7.60. The van der Waals surface area contributed by atoms with E-state index in [-0.39, 0.29) is 23.0 Å². The highest BCUT2D eigenvalue weighted by atomic mass is 19.3. The lowest BCUT2D eigenvalue weighted by atomic mass is 10.1. The first-order valence-corrected chi connectivity index (χ1v) is 10.5. The summed E-state index contributed by atoms with van der Waals surface area (Å²) < 4.78 is 53.3. The number of rotatable bonds is 9. The Labute approximate surface area is 199 Å². The molecular weight excluding hydrogens is 471 g/mol. The van der Waals surface area contributed by atoms with Gasteiger partial charge in [0, 0.05) is 38.8 Å². The molecule has 12 heteroatoms. The van der Waals surface area contributed by atoms with Crippen LogP contribution in [0.1, 0.15) is 11.1 Å². The van der Waals surface area contributed by atoms with Gasteiger partial charge < -0.3 is 19.1 Å². The molecule has 0 N–H and O–H groups in total. The number of piperazine rings is 1. The third-order valence-electron chi connectivity index (χ3n) is 5.44. The summed E-state index contributed by atoms with van der Waals surface area (Å²) in [6.45, 7) is -0.739. The number of ether oxygens (including phenoxy) is 3. The lowest BCUT2D eigenvalue weighted by Gasteiger charge is -2.34. The van der Waals surface area contributed by atoms with Gasteiger partial charge in [0.15, 0.2) is 23.1 Å². The number of carbonyl (C=O) groups is 1. The smallest absolute Gasteiger partial charge is 0.387 e. The van der Waals surface area contributed by atoms with Crippen LogP contribution in [0.15, 0.2) is 36.4 Å². The van der Waals surface area contributed by atoms with Crippen molar-refractivity contribution in [2.24, 2.45) is 0 Å². The number of halogens is 3. The fourth-order valence-electron chi connectivity index (χ4n) is 3.66. The zero-order valence-electron chi connectivity index (χ0n) is 19.1. The van der Waals surface area contributed by atoms with Gasteiger partial charge in [0.1, 0.15) is 0 Å². The van der Waals surface area contributed by atoms with E-state index in [1.54, 1.807) is 17.0 Å². The van der Waals surface area contributed by atoms with Gasteiger partial charge in [-0.25, -0.2) is 4.39 Å². The number of nitro benzene ring substituents is 1. The average molecular weight is 495 g/mol. The Morgan fingerprint density at radius 2 is 1.77 bits per heavy atom. The van der Waals surface area contributed by atoms with Crippen molar-refractivity contribution >= 4 is 17.7 Å². The molecule has 1 heterocycles. The van der Waals surface area contributed by atoms with Crippen molar-refractivity contribution < 1.29 is 37.1 Å². The van der Waals surface area contributed by atoms with Gasteiger partial charge in [-0.1, -0.05) is 6.07 Å². The molecule has 2 aromatic carbocycles. The molecule has 0 aromatic heterocycles. The Balaban J connectivity index is 1.64. The van der Waals surface area contributed by atoms with Gasteiger partial charge in [0.05, 0.1) is 30.8 Å². The van der Waals surface area contributed by atoms with Crippen molar-refractivity contribution in [3.63, 3.8) is 0 Å². The number of carbonyl (C=O) groups excluding carboxylic acids is 1. The van der Waals surface area contributed by atoms with Crippen molar-refractivity contribution in [3.8, 4) is 17.2 Å². The number of nitro groups is 1. The van der Waals surface area contributed by atoms with Crippen LogP contribution in [-0.4, -0.2) is 67.6 Å². The van der Waals surface area contributed by atoms with Crippen molar-refractivity contribution in [3.05, 3.63) is 63.5 Å². The fraction of sp³-hybridized carbons (Fsp3) is 0.348. The van der Waals surface area contributed by atoms with Gasteiger partial charge in [0.25, 0.3) is 5.69 Å². The normalized spacial score (nSPS) is 14.4. The minimum atomic E-state index is -3.19. The SMILES string of the molecule is COc1ccc(CN2CCN(C(=O)/C=C/c3cc(OC)c(OC(F)F)cc3[N+](=O)[O-])CC2)cc1F. The van der Waals surface area contributed by atoms with Crippen LogP contribution < -0.4 is 14.2 Å². The third-order valence-corrected chi connectivity index (χ3v) is 5.44. The van der Waals surface area contributed by atoms with Crippen LogP contribution in [0.2, 0.25) is 0 Å². The summed E-state index contributed by atoms with van der Waals surface area (Å²) in [7, 11) is 2.60. The average Bonchev–Trinajstić information content (AvgIpc) is 2.83. The summed E-state index contributed by atoms with van der Waals surface area (Å²) in [5, 5.41) is 11.4. The Kier molecular flexibility index (Phi) is 8.53. The first-order chi connectivity index (χ1) is 16.7. The predicted octanol–water partition coefficient (Wildman–Crippen LogP) is 3.71. The summed E-state index contributed by atoms with van der Waals surface area (Å²) in [6.07, 6.45) is 2.42. The summed E-state index contributed by atoms with van der Waals surface area (Å²) in [5.74, 6) is -1.24. The van der Waals surface area contributed by atoms with E-state index in [9.17, 15) is 28.1 Å². The largest absolute Gasteiger partial charge is 0.494 e. The molecule has 1 fully saturated rings. The lowest BCUT2D eigenvalue weighted by Crippen LogP contribution is -2.47. The molecule has 0 saturated carbocycles. The minimum Gasteiger partial charge on any atom is -0.494 e. The zero-order valence-corrected chi connectivity index (χ0v) is 19.1. The molecule has 9 nitrogen and oxygen atoms in total. The number of methoxy groups -OCH3 is 2. The van der Waals surface area contributed by atoms with E-state index < -0.39 is 28.8 Å². The quantitative estimate of drug-likeness (QED) is 0.297. The molecule has 2 aromatic rings. The van der Waals surface area contributed by atoms with Gasteiger partial charge in [-0.2, -0.15) is 8.78 Å². The molecule has 0 atom stereocenters. The van der Waals surface area contributed by atoms with E-state index in [1.807, 2.05) is 0 Å². The monoisotopic (exact) mass is 495 g/mol. The lowest BCUT2D eigenvalue weighted by molar-refractivity contribution is -0.385. The second kappa shape index (κ2) is 11.6.